The molecule has 0 saturated heterocycles. The maximum absolute atomic E-state index is 12.5. The minimum Gasteiger partial charge on any atom is -0.497 e. The van der Waals surface area contributed by atoms with Crippen molar-refractivity contribution in [1.82, 2.24) is 4.90 Å². The van der Waals surface area contributed by atoms with Crippen LogP contribution in [0.3, 0.4) is 0 Å². The van der Waals surface area contributed by atoms with Gasteiger partial charge < -0.3 is 23.8 Å². The minimum atomic E-state index is -0.130. The smallest absolute Gasteiger partial charge is 0.246 e. The Kier molecular flexibility index (Phi) is 7.11. The number of amides is 1. The van der Waals surface area contributed by atoms with E-state index in [4.69, 9.17) is 18.9 Å². The fourth-order valence-corrected chi connectivity index (χ4v) is 2.59. The molecule has 0 aliphatic rings. The van der Waals surface area contributed by atoms with Crippen LogP contribution in [-0.4, -0.2) is 46.3 Å². The summed E-state index contributed by atoms with van der Waals surface area (Å²) in [4.78, 5) is 14.1. The number of hydrogen-bond donors (Lipinski definition) is 0. The molecular formula is C21H25NO5. The summed E-state index contributed by atoms with van der Waals surface area (Å²) < 4.78 is 21.1. The quantitative estimate of drug-likeness (QED) is 0.666. The van der Waals surface area contributed by atoms with Crippen molar-refractivity contribution in [2.24, 2.45) is 0 Å². The van der Waals surface area contributed by atoms with Crippen LogP contribution in [0.15, 0.2) is 42.5 Å². The molecule has 6 heteroatoms. The van der Waals surface area contributed by atoms with Crippen LogP contribution in [0.5, 0.6) is 23.0 Å². The second-order valence-electron chi connectivity index (χ2n) is 5.82. The Morgan fingerprint density at radius 1 is 0.889 bits per heavy atom. The van der Waals surface area contributed by atoms with Crippen molar-refractivity contribution in [3.05, 3.63) is 53.6 Å². The Labute approximate surface area is 159 Å². The van der Waals surface area contributed by atoms with Crippen molar-refractivity contribution in [3.8, 4) is 23.0 Å². The minimum absolute atomic E-state index is 0.130. The van der Waals surface area contributed by atoms with E-state index in [-0.39, 0.29) is 5.91 Å². The molecule has 2 aromatic rings. The normalized spacial score (nSPS) is 10.6. The third-order valence-corrected chi connectivity index (χ3v) is 4.09. The first-order valence-electron chi connectivity index (χ1n) is 8.38. The number of hydrogen-bond acceptors (Lipinski definition) is 5. The molecule has 0 aromatic heterocycles. The second-order valence-corrected chi connectivity index (χ2v) is 5.82. The van der Waals surface area contributed by atoms with E-state index >= 15 is 0 Å². The van der Waals surface area contributed by atoms with Gasteiger partial charge in [0.15, 0.2) is 11.5 Å². The monoisotopic (exact) mass is 371 g/mol. The molecule has 27 heavy (non-hydrogen) atoms. The van der Waals surface area contributed by atoms with Crippen LogP contribution < -0.4 is 18.9 Å². The molecule has 0 aliphatic carbocycles. The van der Waals surface area contributed by atoms with Crippen LogP contribution in [0.1, 0.15) is 11.1 Å². The molecule has 2 rings (SSSR count). The lowest BCUT2D eigenvalue weighted by Gasteiger charge is -2.16. The Hall–Kier alpha value is -3.15. The zero-order chi connectivity index (χ0) is 19.8. The van der Waals surface area contributed by atoms with E-state index in [1.807, 2.05) is 24.3 Å². The van der Waals surface area contributed by atoms with Crippen molar-refractivity contribution < 1.29 is 23.7 Å². The number of carbonyl (C=O) groups excluding carboxylic acids is 1. The van der Waals surface area contributed by atoms with Crippen LogP contribution >= 0.6 is 0 Å². The number of nitrogens with zero attached hydrogens (tertiary/aromatic N) is 1. The molecule has 0 heterocycles. The van der Waals surface area contributed by atoms with Gasteiger partial charge in [0.1, 0.15) is 11.5 Å². The Morgan fingerprint density at radius 2 is 1.56 bits per heavy atom. The highest BCUT2D eigenvalue weighted by Gasteiger charge is 2.10. The third kappa shape index (κ3) is 5.17. The standard InChI is InChI=1S/C21H25NO5/c1-22(14-15-6-9-19(26-4)20(12-15)27-5)21(23)11-7-16-13-17(24-2)8-10-18(16)25-3/h6-13H,14H2,1-5H3. The van der Waals surface area contributed by atoms with E-state index in [1.54, 1.807) is 58.6 Å². The number of likely N-dealkylation sites (N-methyl/N-ethyl adjacent to an activating group) is 1. The summed E-state index contributed by atoms with van der Waals surface area (Å²) >= 11 is 0. The summed E-state index contributed by atoms with van der Waals surface area (Å²) in [7, 11) is 8.10. The zero-order valence-corrected chi connectivity index (χ0v) is 16.3. The predicted octanol–water partition coefficient (Wildman–Crippen LogP) is 3.39. The molecule has 0 fully saturated rings. The van der Waals surface area contributed by atoms with Crippen LogP contribution in [0.25, 0.3) is 6.08 Å². The van der Waals surface area contributed by atoms with Crippen molar-refractivity contribution in [2.45, 2.75) is 6.54 Å². The fraction of sp³-hybridized carbons (Fsp3) is 0.286. The first-order chi connectivity index (χ1) is 13.0. The molecule has 2 aromatic carbocycles. The molecule has 0 atom stereocenters. The fourth-order valence-electron chi connectivity index (χ4n) is 2.59. The highest BCUT2D eigenvalue weighted by Crippen LogP contribution is 2.28. The molecule has 0 unspecified atom stereocenters. The Morgan fingerprint density at radius 3 is 2.19 bits per heavy atom. The van der Waals surface area contributed by atoms with Crippen LogP contribution in [-0.2, 0) is 11.3 Å². The Balaban J connectivity index is 2.11. The van der Waals surface area contributed by atoms with Crippen molar-refractivity contribution in [1.29, 1.82) is 0 Å². The first kappa shape index (κ1) is 20.2. The summed E-state index contributed by atoms with van der Waals surface area (Å²) in [5.74, 6) is 2.52. The maximum Gasteiger partial charge on any atom is 0.246 e. The SMILES string of the molecule is COc1ccc(OC)c(C=CC(=O)N(C)Cc2ccc(OC)c(OC)c2)c1. The van der Waals surface area contributed by atoms with E-state index in [0.29, 0.717) is 29.5 Å². The molecular weight excluding hydrogens is 346 g/mol. The molecule has 0 radical (unpaired) electrons. The molecule has 0 N–H and O–H groups in total. The van der Waals surface area contributed by atoms with E-state index in [0.717, 1.165) is 11.1 Å². The number of carbonyl (C=O) groups is 1. The second kappa shape index (κ2) is 9.52. The molecule has 6 nitrogen and oxygen atoms in total. The average molecular weight is 371 g/mol. The molecule has 0 spiro atoms. The highest BCUT2D eigenvalue weighted by atomic mass is 16.5. The largest absolute Gasteiger partial charge is 0.497 e. The van der Waals surface area contributed by atoms with Gasteiger partial charge in [-0.25, -0.2) is 0 Å². The number of ether oxygens (including phenoxy) is 4. The van der Waals surface area contributed by atoms with Crippen molar-refractivity contribution in [3.63, 3.8) is 0 Å². The predicted molar refractivity (Wildman–Crippen MR) is 105 cm³/mol. The summed E-state index contributed by atoms with van der Waals surface area (Å²) in [5.41, 5.74) is 1.71. The van der Waals surface area contributed by atoms with Gasteiger partial charge in [0, 0.05) is 25.2 Å². The van der Waals surface area contributed by atoms with Gasteiger partial charge in [-0.1, -0.05) is 6.07 Å². The molecule has 0 bridgehead atoms. The number of benzene rings is 2. The van der Waals surface area contributed by atoms with Gasteiger partial charge in [-0.2, -0.15) is 0 Å². The van der Waals surface area contributed by atoms with E-state index in [9.17, 15) is 4.79 Å². The first-order valence-corrected chi connectivity index (χ1v) is 8.38. The van der Waals surface area contributed by atoms with E-state index in [1.165, 1.54) is 6.08 Å². The van der Waals surface area contributed by atoms with Gasteiger partial charge in [-0.3, -0.25) is 4.79 Å². The van der Waals surface area contributed by atoms with Gasteiger partial charge >= 0.3 is 0 Å². The van der Waals surface area contributed by atoms with E-state index in [2.05, 4.69) is 0 Å². The molecule has 0 aliphatic heterocycles. The lowest BCUT2D eigenvalue weighted by atomic mass is 10.1. The highest BCUT2D eigenvalue weighted by molar-refractivity contribution is 5.92. The number of methoxy groups -OCH3 is 4. The van der Waals surface area contributed by atoms with E-state index < -0.39 is 0 Å². The average Bonchev–Trinajstić information content (AvgIpc) is 2.71. The summed E-state index contributed by atoms with van der Waals surface area (Å²) in [6.07, 6.45) is 3.23. The lowest BCUT2D eigenvalue weighted by Crippen LogP contribution is -2.24. The van der Waals surface area contributed by atoms with Gasteiger partial charge in [-0.15, -0.1) is 0 Å². The topological polar surface area (TPSA) is 57.2 Å². The molecule has 1 amide bonds. The molecule has 144 valence electrons. The van der Waals surface area contributed by atoms with Crippen LogP contribution in [0.2, 0.25) is 0 Å². The zero-order valence-electron chi connectivity index (χ0n) is 16.3. The van der Waals surface area contributed by atoms with Crippen LogP contribution in [0.4, 0.5) is 0 Å². The summed E-state index contributed by atoms with van der Waals surface area (Å²) in [5, 5.41) is 0. The summed E-state index contributed by atoms with van der Waals surface area (Å²) in [6.45, 7) is 0.443. The maximum atomic E-state index is 12.5. The van der Waals surface area contributed by atoms with Gasteiger partial charge in [0.2, 0.25) is 5.91 Å². The van der Waals surface area contributed by atoms with Crippen molar-refractivity contribution in [2.75, 3.05) is 35.5 Å². The van der Waals surface area contributed by atoms with Crippen LogP contribution in [0, 0.1) is 0 Å². The van der Waals surface area contributed by atoms with Crippen molar-refractivity contribution >= 4 is 12.0 Å². The third-order valence-electron chi connectivity index (χ3n) is 4.09. The number of rotatable bonds is 8. The van der Waals surface area contributed by atoms with Gasteiger partial charge in [0.05, 0.1) is 28.4 Å². The molecule has 0 saturated carbocycles. The lowest BCUT2D eigenvalue weighted by molar-refractivity contribution is -0.125. The van der Waals surface area contributed by atoms with Gasteiger partial charge in [-0.05, 0) is 42.0 Å². The summed E-state index contributed by atoms with van der Waals surface area (Å²) in [6, 6.07) is 11.0. The van der Waals surface area contributed by atoms with Gasteiger partial charge in [0.25, 0.3) is 0 Å². The Bertz CT molecular complexity index is 816.